The SMILES string of the molecule is CCNC(=NCC(c1ccccc1Cl)N(CC)CC)NCCOCCS(C)(=O)=O.I. The van der Waals surface area contributed by atoms with Gasteiger partial charge in [-0.3, -0.25) is 9.89 Å². The molecule has 0 amide bonds. The number of hydrogen-bond donors (Lipinski definition) is 2. The molecule has 10 heteroatoms. The standard InChI is InChI=1S/C20H35ClN4O3S.HI/c1-5-22-20(23-12-13-28-14-15-29(4,26)27)24-16-19(25(6-2)7-3)17-10-8-9-11-18(17)21;/h8-11,19H,5-7,12-16H2,1-4H3,(H2,22,23,24);1H. The Hall–Kier alpha value is -0.620. The van der Waals surface area contributed by atoms with E-state index in [1.54, 1.807) is 0 Å². The minimum Gasteiger partial charge on any atom is -0.379 e. The van der Waals surface area contributed by atoms with E-state index in [2.05, 4.69) is 35.4 Å². The van der Waals surface area contributed by atoms with E-state index in [0.717, 1.165) is 30.2 Å². The van der Waals surface area contributed by atoms with E-state index < -0.39 is 9.84 Å². The van der Waals surface area contributed by atoms with Crippen molar-refractivity contribution in [3.05, 3.63) is 34.9 Å². The van der Waals surface area contributed by atoms with Gasteiger partial charge < -0.3 is 15.4 Å². The summed E-state index contributed by atoms with van der Waals surface area (Å²) in [4.78, 5) is 7.08. The Morgan fingerprint density at radius 1 is 1.17 bits per heavy atom. The number of hydrogen-bond acceptors (Lipinski definition) is 5. The average Bonchev–Trinajstić information content (AvgIpc) is 2.67. The maximum atomic E-state index is 11.1. The molecule has 1 aromatic rings. The van der Waals surface area contributed by atoms with E-state index in [-0.39, 0.29) is 42.4 Å². The number of nitrogens with one attached hydrogen (secondary N) is 2. The van der Waals surface area contributed by atoms with Gasteiger partial charge in [0.25, 0.3) is 0 Å². The monoisotopic (exact) mass is 574 g/mol. The van der Waals surface area contributed by atoms with Crippen molar-refractivity contribution in [3.8, 4) is 0 Å². The predicted octanol–water partition coefficient (Wildman–Crippen LogP) is 2.96. The zero-order valence-electron chi connectivity index (χ0n) is 18.4. The fourth-order valence-electron chi connectivity index (χ4n) is 2.89. The van der Waals surface area contributed by atoms with Crippen LogP contribution < -0.4 is 10.6 Å². The van der Waals surface area contributed by atoms with Crippen LogP contribution in [0, 0.1) is 0 Å². The van der Waals surface area contributed by atoms with E-state index in [1.807, 2.05) is 25.1 Å². The number of sulfone groups is 1. The Morgan fingerprint density at radius 2 is 1.83 bits per heavy atom. The summed E-state index contributed by atoms with van der Waals surface area (Å²) in [5.41, 5.74) is 1.07. The fourth-order valence-corrected chi connectivity index (χ4v) is 3.58. The summed E-state index contributed by atoms with van der Waals surface area (Å²) >= 11 is 6.45. The molecule has 1 atom stereocenters. The lowest BCUT2D eigenvalue weighted by atomic mass is 10.1. The molecule has 7 nitrogen and oxygen atoms in total. The third-order valence-electron chi connectivity index (χ3n) is 4.42. The van der Waals surface area contributed by atoms with E-state index in [4.69, 9.17) is 21.3 Å². The Balaban J connectivity index is 0.00000841. The smallest absolute Gasteiger partial charge is 0.191 e. The van der Waals surface area contributed by atoms with Gasteiger partial charge in [-0.25, -0.2) is 8.42 Å². The van der Waals surface area contributed by atoms with Crippen LogP contribution in [0.4, 0.5) is 0 Å². The molecule has 1 aromatic carbocycles. The fraction of sp³-hybridized carbons (Fsp3) is 0.650. The third kappa shape index (κ3) is 11.7. The molecule has 0 aliphatic heterocycles. The highest BCUT2D eigenvalue weighted by Gasteiger charge is 2.20. The number of likely N-dealkylation sites (N-methyl/N-ethyl adjacent to an activating group) is 1. The Bertz CT molecular complexity index is 731. The second-order valence-electron chi connectivity index (χ2n) is 6.65. The molecule has 0 heterocycles. The Kier molecular flexibility index (Phi) is 15.7. The average molecular weight is 575 g/mol. The topological polar surface area (TPSA) is 83.0 Å². The molecule has 0 radical (unpaired) electrons. The van der Waals surface area contributed by atoms with Gasteiger partial charge in [-0.15, -0.1) is 24.0 Å². The van der Waals surface area contributed by atoms with Crippen molar-refractivity contribution in [1.82, 2.24) is 15.5 Å². The third-order valence-corrected chi connectivity index (χ3v) is 5.67. The van der Waals surface area contributed by atoms with E-state index in [0.29, 0.717) is 25.7 Å². The van der Waals surface area contributed by atoms with E-state index in [1.165, 1.54) is 6.26 Å². The van der Waals surface area contributed by atoms with E-state index in [9.17, 15) is 8.42 Å². The molecule has 0 spiro atoms. The lowest BCUT2D eigenvalue weighted by molar-refractivity contribution is 0.154. The van der Waals surface area contributed by atoms with Gasteiger partial charge in [-0.05, 0) is 31.6 Å². The van der Waals surface area contributed by atoms with Crippen LogP contribution in [-0.4, -0.2) is 77.2 Å². The van der Waals surface area contributed by atoms with Crippen molar-refractivity contribution >= 4 is 51.4 Å². The molecule has 0 aromatic heterocycles. The van der Waals surface area contributed by atoms with Crippen molar-refractivity contribution in [2.75, 3.05) is 57.9 Å². The van der Waals surface area contributed by atoms with Gasteiger partial charge in [0.2, 0.25) is 0 Å². The molecule has 1 rings (SSSR count). The lowest BCUT2D eigenvalue weighted by Crippen LogP contribution is -2.40. The predicted molar refractivity (Wildman–Crippen MR) is 137 cm³/mol. The largest absolute Gasteiger partial charge is 0.379 e. The van der Waals surface area contributed by atoms with Crippen LogP contribution in [0.5, 0.6) is 0 Å². The number of aliphatic imine (C=N–C) groups is 1. The van der Waals surface area contributed by atoms with Crippen LogP contribution in [0.1, 0.15) is 32.4 Å². The first-order valence-electron chi connectivity index (χ1n) is 10.1. The van der Waals surface area contributed by atoms with Crippen LogP contribution in [-0.2, 0) is 14.6 Å². The highest BCUT2D eigenvalue weighted by atomic mass is 127. The number of benzene rings is 1. The molecule has 174 valence electrons. The van der Waals surface area contributed by atoms with Crippen molar-refractivity contribution < 1.29 is 13.2 Å². The maximum Gasteiger partial charge on any atom is 0.191 e. The number of nitrogens with zero attached hydrogens (tertiary/aromatic N) is 2. The molecular formula is C20H36ClIN4O3S. The van der Waals surface area contributed by atoms with Crippen molar-refractivity contribution in [3.63, 3.8) is 0 Å². The van der Waals surface area contributed by atoms with Crippen molar-refractivity contribution in [2.24, 2.45) is 4.99 Å². The maximum absolute atomic E-state index is 11.1. The highest BCUT2D eigenvalue weighted by molar-refractivity contribution is 14.0. The summed E-state index contributed by atoms with van der Waals surface area (Å²) in [6.45, 7) is 10.5. The number of rotatable bonds is 13. The summed E-state index contributed by atoms with van der Waals surface area (Å²) in [5.74, 6) is 0.730. The highest BCUT2D eigenvalue weighted by Crippen LogP contribution is 2.27. The summed E-state index contributed by atoms with van der Waals surface area (Å²) < 4.78 is 27.6. The molecule has 0 aliphatic rings. The first kappa shape index (κ1) is 29.4. The van der Waals surface area contributed by atoms with Gasteiger partial charge in [0, 0.05) is 24.4 Å². The second kappa shape index (κ2) is 16.1. The summed E-state index contributed by atoms with van der Waals surface area (Å²) in [6.07, 6.45) is 1.20. The van der Waals surface area contributed by atoms with Gasteiger partial charge in [0.05, 0.1) is 31.6 Å². The van der Waals surface area contributed by atoms with Crippen molar-refractivity contribution in [2.45, 2.75) is 26.8 Å². The van der Waals surface area contributed by atoms with Gasteiger partial charge in [-0.2, -0.15) is 0 Å². The first-order valence-corrected chi connectivity index (χ1v) is 12.5. The lowest BCUT2D eigenvalue weighted by Gasteiger charge is -2.29. The normalized spacial score (nSPS) is 13.1. The molecule has 2 N–H and O–H groups in total. The van der Waals surface area contributed by atoms with Crippen LogP contribution in [0.2, 0.25) is 5.02 Å². The Morgan fingerprint density at radius 3 is 2.40 bits per heavy atom. The molecular weight excluding hydrogens is 539 g/mol. The van der Waals surface area contributed by atoms with Crippen LogP contribution >= 0.6 is 35.6 Å². The summed E-state index contributed by atoms with van der Waals surface area (Å²) in [6, 6.07) is 7.98. The van der Waals surface area contributed by atoms with Gasteiger partial charge in [0.1, 0.15) is 9.84 Å². The van der Waals surface area contributed by atoms with Crippen LogP contribution in [0.25, 0.3) is 0 Å². The number of guanidine groups is 1. The van der Waals surface area contributed by atoms with Gasteiger partial charge in [-0.1, -0.05) is 43.6 Å². The van der Waals surface area contributed by atoms with Crippen LogP contribution in [0.3, 0.4) is 0 Å². The van der Waals surface area contributed by atoms with Gasteiger partial charge in [0.15, 0.2) is 5.96 Å². The minimum absolute atomic E-state index is 0. The quantitative estimate of drug-likeness (QED) is 0.163. The molecule has 30 heavy (non-hydrogen) atoms. The number of halogens is 2. The molecule has 0 fully saturated rings. The van der Waals surface area contributed by atoms with Crippen molar-refractivity contribution in [1.29, 1.82) is 0 Å². The Labute approximate surface area is 203 Å². The summed E-state index contributed by atoms with van der Waals surface area (Å²) in [7, 11) is -2.99. The zero-order valence-corrected chi connectivity index (χ0v) is 22.3. The minimum atomic E-state index is -2.99. The molecule has 1 unspecified atom stereocenters. The molecule has 0 aliphatic carbocycles. The van der Waals surface area contributed by atoms with E-state index >= 15 is 0 Å². The molecule has 0 saturated heterocycles. The summed E-state index contributed by atoms with van der Waals surface area (Å²) in [5, 5.41) is 7.20. The molecule has 0 saturated carbocycles. The van der Waals surface area contributed by atoms with Crippen LogP contribution in [0.15, 0.2) is 29.3 Å². The molecule has 0 bridgehead atoms. The number of ether oxygens (including phenoxy) is 1. The first-order chi connectivity index (χ1) is 13.8. The zero-order chi connectivity index (χ0) is 21.7. The van der Waals surface area contributed by atoms with Gasteiger partial charge >= 0.3 is 0 Å². The second-order valence-corrected chi connectivity index (χ2v) is 9.31.